The van der Waals surface area contributed by atoms with E-state index in [-0.39, 0.29) is 18.8 Å². The number of nitriles is 1. The summed E-state index contributed by atoms with van der Waals surface area (Å²) in [6.07, 6.45) is 0.502. The van der Waals surface area contributed by atoms with Crippen molar-refractivity contribution in [2.75, 3.05) is 13.2 Å². The summed E-state index contributed by atoms with van der Waals surface area (Å²) >= 11 is 0. The molecule has 0 fully saturated rings. The molecule has 6 heteroatoms. The Bertz CT molecular complexity index is 829. The second-order valence-electron chi connectivity index (χ2n) is 6.44. The van der Waals surface area contributed by atoms with Crippen LogP contribution in [0.15, 0.2) is 46.7 Å². The van der Waals surface area contributed by atoms with Crippen LogP contribution in [-0.2, 0) is 14.3 Å². The van der Waals surface area contributed by atoms with Crippen LogP contribution in [0.25, 0.3) is 0 Å². The van der Waals surface area contributed by atoms with Crippen molar-refractivity contribution in [3.8, 4) is 11.8 Å². The third-order valence-corrected chi connectivity index (χ3v) is 4.39. The van der Waals surface area contributed by atoms with Crippen molar-refractivity contribution >= 4 is 11.8 Å². The van der Waals surface area contributed by atoms with Gasteiger partial charge in [0.05, 0.1) is 30.8 Å². The molecule has 0 heterocycles. The first-order valence-corrected chi connectivity index (χ1v) is 8.86. The van der Waals surface area contributed by atoms with Gasteiger partial charge in [-0.1, -0.05) is 17.7 Å². The van der Waals surface area contributed by atoms with E-state index in [2.05, 4.69) is 6.07 Å². The summed E-state index contributed by atoms with van der Waals surface area (Å²) < 4.78 is 10.7. The third kappa shape index (κ3) is 4.76. The zero-order chi connectivity index (χ0) is 20.0. The maximum atomic E-state index is 12.7. The van der Waals surface area contributed by atoms with Gasteiger partial charge in [0.1, 0.15) is 11.5 Å². The van der Waals surface area contributed by atoms with Crippen molar-refractivity contribution < 1.29 is 19.1 Å². The average molecular weight is 368 g/mol. The van der Waals surface area contributed by atoms with E-state index in [0.29, 0.717) is 35.6 Å². The summed E-state index contributed by atoms with van der Waals surface area (Å²) in [5.41, 5.74) is 8.82. The third-order valence-electron chi connectivity index (χ3n) is 4.39. The van der Waals surface area contributed by atoms with Crippen molar-refractivity contribution in [3.63, 3.8) is 0 Å². The molecule has 6 nitrogen and oxygen atoms in total. The molecule has 2 rings (SSSR count). The number of nitrogens with two attached hydrogens (primary N) is 1. The Hall–Kier alpha value is -3.07. The summed E-state index contributed by atoms with van der Waals surface area (Å²) in [6.45, 7) is 5.71. The number of hydrogen-bond donors (Lipinski definition) is 1. The van der Waals surface area contributed by atoms with Crippen molar-refractivity contribution in [3.05, 3.63) is 52.2 Å². The van der Waals surface area contributed by atoms with Gasteiger partial charge in [0, 0.05) is 24.1 Å². The van der Waals surface area contributed by atoms with Crippen LogP contribution < -0.4 is 10.5 Å². The average Bonchev–Trinajstić information content (AvgIpc) is 2.61. The lowest BCUT2D eigenvalue weighted by atomic mass is 9.77. The Balaban J connectivity index is 2.39. The molecule has 1 aromatic carbocycles. The molecule has 1 atom stereocenters. The molecule has 142 valence electrons. The molecule has 0 radical (unpaired) electrons. The van der Waals surface area contributed by atoms with Gasteiger partial charge in [-0.25, -0.2) is 4.79 Å². The van der Waals surface area contributed by atoms with Gasteiger partial charge in [0.2, 0.25) is 0 Å². The van der Waals surface area contributed by atoms with Gasteiger partial charge in [-0.3, -0.25) is 4.79 Å². The molecule has 0 saturated carbocycles. The monoisotopic (exact) mass is 368 g/mol. The first-order valence-electron chi connectivity index (χ1n) is 8.86. The Morgan fingerprint density at radius 2 is 1.96 bits per heavy atom. The largest absolute Gasteiger partial charge is 0.494 e. The molecule has 27 heavy (non-hydrogen) atoms. The molecule has 2 N–H and O–H groups in total. The van der Waals surface area contributed by atoms with Crippen molar-refractivity contribution in [2.24, 2.45) is 5.73 Å². The lowest BCUT2D eigenvalue weighted by Gasteiger charge is -2.27. The number of ether oxygens (including phenoxy) is 2. The minimum absolute atomic E-state index is 0.0159. The van der Waals surface area contributed by atoms with E-state index in [1.165, 1.54) is 6.92 Å². The number of allylic oxidation sites excluding steroid dienone is 2. The number of ketones is 1. The van der Waals surface area contributed by atoms with Gasteiger partial charge in [0.15, 0.2) is 0 Å². The Morgan fingerprint density at radius 1 is 1.30 bits per heavy atom. The Kier molecular flexibility index (Phi) is 6.78. The number of carbonyl (C=O) groups excluding carboxylic acids is 2. The summed E-state index contributed by atoms with van der Waals surface area (Å²) in [5, 5.41) is 9.63. The fourth-order valence-electron chi connectivity index (χ4n) is 3.10. The van der Waals surface area contributed by atoms with Crippen LogP contribution >= 0.6 is 0 Å². The predicted octanol–water partition coefficient (Wildman–Crippen LogP) is 3.15. The van der Waals surface area contributed by atoms with Gasteiger partial charge in [-0.05, 0) is 38.5 Å². The highest BCUT2D eigenvalue weighted by molar-refractivity contribution is 5.93. The highest BCUT2D eigenvalue weighted by Gasteiger charge is 2.34. The molecule has 1 aromatic rings. The summed E-state index contributed by atoms with van der Waals surface area (Å²) in [6, 6.07) is 9.39. The van der Waals surface area contributed by atoms with Crippen LogP contribution in [0.1, 0.15) is 45.1 Å². The number of Topliss-reactive ketones (excluding diaryl/α,β-unsaturated/α-hetero) is 1. The van der Waals surface area contributed by atoms with E-state index in [9.17, 15) is 14.9 Å². The molecule has 1 aliphatic rings. The lowest BCUT2D eigenvalue weighted by molar-refractivity contribution is -0.140. The first-order chi connectivity index (χ1) is 12.9. The van der Waals surface area contributed by atoms with E-state index >= 15 is 0 Å². The number of esters is 1. The van der Waals surface area contributed by atoms with E-state index in [4.69, 9.17) is 15.2 Å². The molecule has 1 aliphatic carbocycles. The van der Waals surface area contributed by atoms with Gasteiger partial charge in [-0.15, -0.1) is 0 Å². The molecular formula is C21H24N2O4. The van der Waals surface area contributed by atoms with Crippen LogP contribution in [0.2, 0.25) is 0 Å². The molecule has 0 spiro atoms. The normalized spacial score (nSPS) is 16.7. The second-order valence-corrected chi connectivity index (χ2v) is 6.44. The van der Waals surface area contributed by atoms with Gasteiger partial charge >= 0.3 is 5.97 Å². The maximum absolute atomic E-state index is 12.7. The van der Waals surface area contributed by atoms with Crippen LogP contribution in [0.4, 0.5) is 0 Å². The SMILES string of the molecule is CCOc1ccc(C2C(C#N)=C(N)CC(C)=C2C(=O)OCCC(C)=O)cc1. The van der Waals surface area contributed by atoms with Gasteiger partial charge in [0.25, 0.3) is 0 Å². The fourth-order valence-corrected chi connectivity index (χ4v) is 3.10. The van der Waals surface area contributed by atoms with Crippen molar-refractivity contribution in [2.45, 2.75) is 39.5 Å². The van der Waals surface area contributed by atoms with Gasteiger partial charge < -0.3 is 15.2 Å². The molecule has 0 aliphatic heterocycles. The van der Waals surface area contributed by atoms with Crippen molar-refractivity contribution in [1.82, 2.24) is 0 Å². The number of benzene rings is 1. The molecule has 0 aromatic heterocycles. The predicted molar refractivity (Wildman–Crippen MR) is 101 cm³/mol. The summed E-state index contributed by atoms with van der Waals surface area (Å²) in [7, 11) is 0. The minimum atomic E-state index is -0.593. The number of carbonyl (C=O) groups is 2. The van der Waals surface area contributed by atoms with Gasteiger partial charge in [-0.2, -0.15) is 5.26 Å². The molecule has 0 amide bonds. The molecule has 0 saturated heterocycles. The molecular weight excluding hydrogens is 344 g/mol. The number of nitrogens with zero attached hydrogens (tertiary/aromatic N) is 1. The zero-order valence-electron chi connectivity index (χ0n) is 15.9. The van der Waals surface area contributed by atoms with E-state index in [1.54, 1.807) is 12.1 Å². The topological polar surface area (TPSA) is 102 Å². The van der Waals surface area contributed by atoms with Crippen molar-refractivity contribution in [1.29, 1.82) is 5.26 Å². The Labute approximate surface area is 159 Å². The number of hydrogen-bond acceptors (Lipinski definition) is 6. The smallest absolute Gasteiger partial charge is 0.334 e. The minimum Gasteiger partial charge on any atom is -0.494 e. The standard InChI is InChI=1S/C21H24N2O4/c1-4-26-16-7-5-15(6-8-16)20-17(12-22)18(23)11-13(2)19(20)21(25)27-10-9-14(3)24/h5-8,20H,4,9-11,23H2,1-3H3. The first kappa shape index (κ1) is 20.2. The fraction of sp³-hybridized carbons (Fsp3) is 0.381. The zero-order valence-corrected chi connectivity index (χ0v) is 15.9. The quantitative estimate of drug-likeness (QED) is 0.742. The highest BCUT2D eigenvalue weighted by Crippen LogP contribution is 2.41. The molecule has 0 bridgehead atoms. The van der Waals surface area contributed by atoms with Crippen LogP contribution in [0.5, 0.6) is 5.75 Å². The van der Waals surface area contributed by atoms with Crippen LogP contribution in [0.3, 0.4) is 0 Å². The van der Waals surface area contributed by atoms with Crippen LogP contribution in [0, 0.1) is 11.3 Å². The summed E-state index contributed by atoms with van der Waals surface area (Å²) in [5.74, 6) is -0.460. The van der Waals surface area contributed by atoms with E-state index in [0.717, 1.165) is 11.1 Å². The molecule has 1 unspecified atom stereocenters. The second kappa shape index (κ2) is 9.04. The van der Waals surface area contributed by atoms with E-state index < -0.39 is 11.9 Å². The van der Waals surface area contributed by atoms with E-state index in [1.807, 2.05) is 26.0 Å². The number of rotatable bonds is 7. The Morgan fingerprint density at radius 3 is 2.52 bits per heavy atom. The summed E-state index contributed by atoms with van der Waals surface area (Å²) in [4.78, 5) is 23.8. The maximum Gasteiger partial charge on any atom is 0.334 e. The lowest BCUT2D eigenvalue weighted by Crippen LogP contribution is -2.24. The van der Waals surface area contributed by atoms with Crippen LogP contribution in [-0.4, -0.2) is 25.0 Å². The highest BCUT2D eigenvalue weighted by atomic mass is 16.5.